The molecule has 0 saturated carbocycles. The van der Waals surface area contributed by atoms with Crippen LogP contribution in [0, 0.1) is 0 Å². The number of halogens is 1. The lowest BCUT2D eigenvalue weighted by atomic mass is 10.3. The van der Waals surface area contributed by atoms with Crippen molar-refractivity contribution in [2.75, 3.05) is 17.7 Å². The van der Waals surface area contributed by atoms with Gasteiger partial charge in [-0.25, -0.2) is 0 Å². The van der Waals surface area contributed by atoms with E-state index in [9.17, 15) is 4.79 Å². The van der Waals surface area contributed by atoms with Crippen LogP contribution in [-0.2, 0) is 4.79 Å². The molecule has 2 N–H and O–H groups in total. The molecule has 1 aromatic heterocycles. The fourth-order valence-electron chi connectivity index (χ4n) is 1.54. The molecule has 1 amide bonds. The van der Waals surface area contributed by atoms with Gasteiger partial charge in [0, 0.05) is 12.6 Å². The lowest BCUT2D eigenvalue weighted by molar-refractivity contribution is -0.114. The highest BCUT2D eigenvalue weighted by Crippen LogP contribution is 2.28. The number of methoxy groups -OCH3 is 1. The molecule has 20 heavy (non-hydrogen) atoms. The summed E-state index contributed by atoms with van der Waals surface area (Å²) >= 11 is 6.03. The van der Waals surface area contributed by atoms with Crippen LogP contribution in [0.25, 0.3) is 0 Å². The topological polar surface area (TPSA) is 76.1 Å². The van der Waals surface area contributed by atoms with E-state index in [1.54, 1.807) is 31.4 Å². The molecule has 6 nitrogen and oxygen atoms in total. The van der Waals surface area contributed by atoms with Crippen molar-refractivity contribution >= 4 is 34.8 Å². The van der Waals surface area contributed by atoms with E-state index in [-0.39, 0.29) is 5.91 Å². The number of nitrogens with one attached hydrogen (secondary N) is 2. The van der Waals surface area contributed by atoms with Crippen LogP contribution in [0.5, 0.6) is 5.75 Å². The highest BCUT2D eigenvalue weighted by Gasteiger charge is 2.04. The van der Waals surface area contributed by atoms with Gasteiger partial charge >= 0.3 is 0 Å². The molecule has 1 aromatic carbocycles. The van der Waals surface area contributed by atoms with Gasteiger partial charge < -0.3 is 15.4 Å². The first kappa shape index (κ1) is 14.1. The Hall–Kier alpha value is -2.34. The van der Waals surface area contributed by atoms with E-state index in [1.165, 1.54) is 6.92 Å². The summed E-state index contributed by atoms with van der Waals surface area (Å²) in [5, 5.41) is 13.9. The summed E-state index contributed by atoms with van der Waals surface area (Å²) in [6.45, 7) is 1.41. The molecular formula is C13H13ClN4O2. The lowest BCUT2D eigenvalue weighted by Crippen LogP contribution is -2.08. The summed E-state index contributed by atoms with van der Waals surface area (Å²) < 4.78 is 5.07. The van der Waals surface area contributed by atoms with Gasteiger partial charge in [0.15, 0.2) is 11.6 Å². The second kappa shape index (κ2) is 6.21. The highest BCUT2D eigenvalue weighted by atomic mass is 35.5. The molecule has 2 aromatic rings. The number of benzene rings is 1. The number of amides is 1. The molecule has 0 radical (unpaired) electrons. The Labute approximate surface area is 121 Å². The maximum absolute atomic E-state index is 10.9. The Balaban J connectivity index is 2.10. The molecule has 0 spiro atoms. The molecule has 104 valence electrons. The number of carbonyl (C=O) groups excluding carboxylic acids is 1. The smallest absolute Gasteiger partial charge is 0.222 e. The Bertz CT molecular complexity index is 616. The molecule has 2 rings (SSSR count). The number of carbonyl (C=O) groups is 1. The van der Waals surface area contributed by atoms with Crippen molar-refractivity contribution in [2.24, 2.45) is 0 Å². The van der Waals surface area contributed by atoms with Crippen LogP contribution in [0.1, 0.15) is 6.92 Å². The molecule has 0 aliphatic carbocycles. The minimum Gasteiger partial charge on any atom is -0.495 e. The summed E-state index contributed by atoms with van der Waals surface area (Å²) in [7, 11) is 1.56. The number of nitrogens with zero attached hydrogens (tertiary/aromatic N) is 2. The molecule has 0 fully saturated rings. The SMILES string of the molecule is COc1ccc(Nc2ccc(NC(C)=O)nn2)cc1Cl. The van der Waals surface area contributed by atoms with Crippen LogP contribution in [0.4, 0.5) is 17.3 Å². The molecule has 0 atom stereocenters. The molecule has 0 bridgehead atoms. The zero-order chi connectivity index (χ0) is 14.5. The fourth-order valence-corrected chi connectivity index (χ4v) is 1.80. The number of hydrogen-bond acceptors (Lipinski definition) is 5. The van der Waals surface area contributed by atoms with E-state index in [0.717, 1.165) is 5.69 Å². The van der Waals surface area contributed by atoms with E-state index in [1.807, 2.05) is 6.07 Å². The number of ether oxygens (including phenoxy) is 1. The van der Waals surface area contributed by atoms with Gasteiger partial charge in [-0.15, -0.1) is 10.2 Å². The highest BCUT2D eigenvalue weighted by molar-refractivity contribution is 6.32. The van der Waals surface area contributed by atoms with Gasteiger partial charge in [0.05, 0.1) is 12.1 Å². The predicted octanol–water partition coefficient (Wildman–Crippen LogP) is 2.84. The third-order valence-electron chi connectivity index (χ3n) is 2.39. The Kier molecular flexibility index (Phi) is 4.37. The van der Waals surface area contributed by atoms with Crippen molar-refractivity contribution in [3.05, 3.63) is 35.4 Å². The first-order chi connectivity index (χ1) is 9.58. The Morgan fingerprint density at radius 2 is 1.90 bits per heavy atom. The molecule has 0 aliphatic rings. The van der Waals surface area contributed by atoms with Gasteiger partial charge in [-0.3, -0.25) is 4.79 Å². The molecule has 7 heteroatoms. The summed E-state index contributed by atoms with van der Waals surface area (Å²) in [5.74, 6) is 1.35. The Morgan fingerprint density at radius 3 is 2.45 bits per heavy atom. The van der Waals surface area contributed by atoms with Crippen molar-refractivity contribution in [3.8, 4) is 5.75 Å². The average molecular weight is 293 g/mol. The van der Waals surface area contributed by atoms with Crippen LogP contribution in [-0.4, -0.2) is 23.2 Å². The van der Waals surface area contributed by atoms with Crippen LogP contribution >= 0.6 is 11.6 Å². The third kappa shape index (κ3) is 3.58. The fraction of sp³-hybridized carbons (Fsp3) is 0.154. The predicted molar refractivity (Wildman–Crippen MR) is 77.6 cm³/mol. The average Bonchev–Trinajstić information content (AvgIpc) is 2.41. The first-order valence-electron chi connectivity index (χ1n) is 5.80. The zero-order valence-electron chi connectivity index (χ0n) is 11.0. The second-order valence-corrected chi connectivity index (χ2v) is 4.37. The normalized spacial score (nSPS) is 9.95. The van der Waals surface area contributed by atoms with Crippen LogP contribution in [0.3, 0.4) is 0 Å². The van der Waals surface area contributed by atoms with Crippen molar-refractivity contribution in [2.45, 2.75) is 6.92 Å². The summed E-state index contributed by atoms with van der Waals surface area (Å²) in [4.78, 5) is 10.9. The van der Waals surface area contributed by atoms with Crippen LogP contribution in [0.2, 0.25) is 5.02 Å². The standard InChI is InChI=1S/C13H13ClN4O2/c1-8(19)15-12-5-6-13(18-17-12)16-9-3-4-11(20-2)10(14)7-9/h3-7H,1-2H3,(H,16,18)(H,15,17,19). The zero-order valence-corrected chi connectivity index (χ0v) is 11.7. The maximum atomic E-state index is 10.9. The number of aromatic nitrogens is 2. The van der Waals surface area contributed by atoms with Gasteiger partial charge in [-0.1, -0.05) is 11.6 Å². The molecule has 1 heterocycles. The Morgan fingerprint density at radius 1 is 1.20 bits per heavy atom. The van der Waals surface area contributed by atoms with Crippen LogP contribution < -0.4 is 15.4 Å². The second-order valence-electron chi connectivity index (χ2n) is 3.96. The minimum atomic E-state index is -0.193. The van der Waals surface area contributed by atoms with E-state index in [4.69, 9.17) is 16.3 Å². The lowest BCUT2D eigenvalue weighted by Gasteiger charge is -2.08. The van der Waals surface area contributed by atoms with E-state index < -0.39 is 0 Å². The quantitative estimate of drug-likeness (QED) is 0.906. The number of rotatable bonds is 4. The molecule has 0 aliphatic heterocycles. The van der Waals surface area contributed by atoms with E-state index in [2.05, 4.69) is 20.8 Å². The number of anilines is 3. The van der Waals surface area contributed by atoms with E-state index >= 15 is 0 Å². The third-order valence-corrected chi connectivity index (χ3v) is 2.69. The van der Waals surface area contributed by atoms with E-state index in [0.29, 0.717) is 22.4 Å². The summed E-state index contributed by atoms with van der Waals surface area (Å²) in [5.41, 5.74) is 0.761. The van der Waals surface area contributed by atoms with Gasteiger partial charge in [0.25, 0.3) is 0 Å². The van der Waals surface area contributed by atoms with Crippen molar-refractivity contribution in [1.82, 2.24) is 10.2 Å². The van der Waals surface area contributed by atoms with Crippen LogP contribution in [0.15, 0.2) is 30.3 Å². The number of hydrogen-bond donors (Lipinski definition) is 2. The maximum Gasteiger partial charge on any atom is 0.222 e. The monoisotopic (exact) mass is 292 g/mol. The van der Waals surface area contributed by atoms with Crippen molar-refractivity contribution in [3.63, 3.8) is 0 Å². The first-order valence-corrected chi connectivity index (χ1v) is 6.18. The van der Waals surface area contributed by atoms with Crippen molar-refractivity contribution < 1.29 is 9.53 Å². The van der Waals surface area contributed by atoms with Gasteiger partial charge in [-0.2, -0.15) is 0 Å². The van der Waals surface area contributed by atoms with Gasteiger partial charge in [0.1, 0.15) is 5.75 Å². The minimum absolute atomic E-state index is 0.193. The largest absolute Gasteiger partial charge is 0.495 e. The molecule has 0 saturated heterocycles. The van der Waals surface area contributed by atoms with Gasteiger partial charge in [-0.05, 0) is 30.3 Å². The summed E-state index contributed by atoms with van der Waals surface area (Å²) in [6.07, 6.45) is 0. The van der Waals surface area contributed by atoms with Gasteiger partial charge in [0.2, 0.25) is 5.91 Å². The molecule has 0 unspecified atom stereocenters. The van der Waals surface area contributed by atoms with Crippen molar-refractivity contribution in [1.29, 1.82) is 0 Å². The molecular weight excluding hydrogens is 280 g/mol. The summed E-state index contributed by atoms with van der Waals surface area (Å²) in [6, 6.07) is 8.65.